The van der Waals surface area contributed by atoms with Crippen molar-refractivity contribution < 1.29 is 21.7 Å². The van der Waals surface area contributed by atoms with Crippen molar-refractivity contribution in [3.8, 4) is 0 Å². The molecule has 0 saturated carbocycles. The molecule has 0 bridgehead atoms. The summed E-state index contributed by atoms with van der Waals surface area (Å²) >= 11 is 0. The van der Waals surface area contributed by atoms with Gasteiger partial charge in [-0.25, -0.2) is 8.42 Å². The molecule has 8 nitrogen and oxygen atoms in total. The Kier molecular flexibility index (Phi) is 11.4. The van der Waals surface area contributed by atoms with Crippen LogP contribution < -0.4 is 4.83 Å². The molecule has 0 unspecified atom stereocenters. The third kappa shape index (κ3) is 9.32. The Morgan fingerprint density at radius 2 is 1.45 bits per heavy atom. The predicted molar refractivity (Wildman–Crippen MR) is 85.9 cm³/mol. The van der Waals surface area contributed by atoms with Gasteiger partial charge in [0.2, 0.25) is 0 Å². The molecule has 0 fully saturated rings. The topological polar surface area (TPSA) is 102 Å². The first-order chi connectivity index (χ1) is 10.4. The van der Waals surface area contributed by atoms with Gasteiger partial charge in [-0.3, -0.25) is 0 Å². The minimum atomic E-state index is -3.51. The van der Waals surface area contributed by atoms with Gasteiger partial charge in [-0.1, -0.05) is 12.8 Å². The van der Waals surface area contributed by atoms with E-state index in [1.807, 2.05) is 20.8 Å². The van der Waals surface area contributed by atoms with Crippen LogP contribution in [0.5, 0.6) is 0 Å². The molecule has 0 aromatic rings. The Morgan fingerprint density at radius 3 is 1.91 bits per heavy atom. The van der Waals surface area contributed by atoms with E-state index >= 15 is 0 Å². The molecule has 0 aromatic carbocycles. The average molecular weight is 355 g/mol. The molecule has 130 valence electrons. The summed E-state index contributed by atoms with van der Waals surface area (Å²) in [7, 11) is -6.09. The number of unbranched alkanes of at least 4 members (excludes halogenated alkanes) is 3. The third-order valence-corrected chi connectivity index (χ3v) is 7.26. The van der Waals surface area contributed by atoms with Crippen molar-refractivity contribution >= 4 is 18.8 Å². The fraction of sp³-hybridized carbons (Fsp3) is 1.00. The number of nitrogens with zero attached hydrogens (tertiary/aromatic N) is 2. The summed E-state index contributed by atoms with van der Waals surface area (Å²) in [6.45, 7) is 7.43. The quantitative estimate of drug-likeness (QED) is 0.222. The molecule has 0 aliphatic rings. The molecule has 0 heterocycles. The maximum atomic E-state index is 11.3. The van der Waals surface area contributed by atoms with E-state index in [2.05, 4.69) is 5.08 Å². The number of sulfonamides is 1. The molecule has 1 N–H and O–H groups in total. The molecule has 0 aliphatic carbocycles. The van der Waals surface area contributed by atoms with Crippen molar-refractivity contribution in [3.05, 3.63) is 5.08 Å². The lowest BCUT2D eigenvalue weighted by Crippen LogP contribution is -2.45. The van der Waals surface area contributed by atoms with Gasteiger partial charge in [0, 0.05) is 25.9 Å². The predicted octanol–water partition coefficient (Wildman–Crippen LogP) is 2.28. The summed E-state index contributed by atoms with van der Waals surface area (Å²) in [5, 5.41) is 10.6. The first kappa shape index (κ1) is 21.3. The van der Waals surface area contributed by atoms with E-state index in [4.69, 9.17) is 18.7 Å². The maximum Gasteiger partial charge on any atom is 0.500 e. The Balaban J connectivity index is 4.10. The second kappa shape index (κ2) is 11.8. The summed E-state index contributed by atoms with van der Waals surface area (Å²) in [5.41, 5.74) is 0. The number of rotatable bonds is 14. The lowest BCUT2D eigenvalue weighted by atomic mass is 10.2. The van der Waals surface area contributed by atoms with Crippen LogP contribution in [0, 0.1) is 5.39 Å². The zero-order valence-corrected chi connectivity index (χ0v) is 15.5. The lowest BCUT2D eigenvalue weighted by molar-refractivity contribution is 0.0706. The Morgan fingerprint density at radius 1 is 0.955 bits per heavy atom. The van der Waals surface area contributed by atoms with Crippen LogP contribution in [0.2, 0.25) is 6.04 Å². The molecular formula is C12H28N3O5SSi+. The number of nitrogens with one attached hydrogen (secondary N) is 1. The van der Waals surface area contributed by atoms with Crippen molar-refractivity contribution in [3.63, 3.8) is 0 Å². The highest BCUT2D eigenvalue weighted by Crippen LogP contribution is 2.20. The number of diazo groups is 1. The zero-order chi connectivity index (χ0) is 16.9. The van der Waals surface area contributed by atoms with Crippen LogP contribution in [0.3, 0.4) is 0 Å². The molecular weight excluding hydrogens is 326 g/mol. The molecule has 0 amide bonds. The standard InChI is InChI=1S/C12H28N3O5SSi/c1-4-18-22(19-5-2,20-6-3)12-10-8-7-9-11-21(16,17)15-14-13/h15H,4-12H2,1-3H3/q+1. The van der Waals surface area contributed by atoms with Gasteiger partial charge < -0.3 is 13.3 Å². The normalized spacial score (nSPS) is 12.1. The van der Waals surface area contributed by atoms with Gasteiger partial charge in [0.25, 0.3) is 15.4 Å². The number of hydrogen-bond donors (Lipinski definition) is 1. The van der Waals surface area contributed by atoms with Crippen molar-refractivity contribution in [2.24, 2.45) is 0 Å². The van der Waals surface area contributed by atoms with Gasteiger partial charge in [0.05, 0.1) is 10.6 Å². The molecule has 0 radical (unpaired) electrons. The second-order valence-electron chi connectivity index (χ2n) is 4.66. The van der Waals surface area contributed by atoms with E-state index in [9.17, 15) is 8.42 Å². The molecule has 0 saturated heterocycles. The summed E-state index contributed by atoms with van der Waals surface area (Å²) < 4.78 is 39.8. The van der Waals surface area contributed by atoms with Crippen LogP contribution >= 0.6 is 0 Å². The molecule has 22 heavy (non-hydrogen) atoms. The Bertz CT molecular complexity index is 410. The van der Waals surface area contributed by atoms with Crippen LogP contribution in [0.25, 0.3) is 5.08 Å². The zero-order valence-electron chi connectivity index (χ0n) is 13.7. The third-order valence-electron chi connectivity index (χ3n) is 2.92. The van der Waals surface area contributed by atoms with Crippen LogP contribution in [0.4, 0.5) is 0 Å². The second-order valence-corrected chi connectivity index (χ2v) is 9.21. The minimum Gasteiger partial charge on any atom is -0.374 e. The van der Waals surface area contributed by atoms with Crippen LogP contribution in [0.1, 0.15) is 46.5 Å². The van der Waals surface area contributed by atoms with Gasteiger partial charge in [0.15, 0.2) is 0 Å². The van der Waals surface area contributed by atoms with Crippen molar-refractivity contribution in [2.45, 2.75) is 52.5 Å². The summed E-state index contributed by atoms with van der Waals surface area (Å²) in [6.07, 6.45) is 3.01. The highest BCUT2D eigenvalue weighted by Gasteiger charge is 2.39. The van der Waals surface area contributed by atoms with E-state index in [-0.39, 0.29) is 5.75 Å². The minimum absolute atomic E-state index is 0.0536. The van der Waals surface area contributed by atoms with Crippen molar-refractivity contribution in [1.82, 2.24) is 4.83 Å². The number of hydrogen-bond acceptors (Lipinski definition) is 6. The molecule has 0 aliphatic heterocycles. The van der Waals surface area contributed by atoms with Crippen molar-refractivity contribution in [2.75, 3.05) is 25.6 Å². The average Bonchev–Trinajstić information content (AvgIpc) is 2.43. The van der Waals surface area contributed by atoms with Crippen LogP contribution in [0.15, 0.2) is 0 Å². The fourth-order valence-corrected chi connectivity index (χ4v) is 5.58. The molecule has 0 atom stereocenters. The van der Waals surface area contributed by atoms with E-state index in [0.717, 1.165) is 25.3 Å². The first-order valence-electron chi connectivity index (χ1n) is 7.70. The Hall–Kier alpha value is -0.733. The summed E-state index contributed by atoms with van der Waals surface area (Å²) in [6, 6.07) is 0.736. The van der Waals surface area contributed by atoms with Crippen LogP contribution in [-0.2, 0) is 23.3 Å². The van der Waals surface area contributed by atoms with Gasteiger partial charge in [-0.2, -0.15) is 0 Å². The smallest absolute Gasteiger partial charge is 0.374 e. The van der Waals surface area contributed by atoms with E-state index in [1.165, 1.54) is 0 Å². The van der Waals surface area contributed by atoms with E-state index in [0.29, 0.717) is 26.2 Å². The highest BCUT2D eigenvalue weighted by atomic mass is 32.2. The summed E-state index contributed by atoms with van der Waals surface area (Å²) in [4.78, 5) is 1.69. The molecule has 0 rings (SSSR count). The van der Waals surface area contributed by atoms with Crippen LogP contribution in [-0.4, -0.2) is 42.8 Å². The van der Waals surface area contributed by atoms with Gasteiger partial charge >= 0.3 is 13.9 Å². The van der Waals surface area contributed by atoms with Gasteiger partial charge in [-0.15, -0.1) is 0 Å². The van der Waals surface area contributed by atoms with Gasteiger partial charge in [0.1, 0.15) is 0 Å². The molecule has 0 spiro atoms. The fourth-order valence-electron chi connectivity index (χ4n) is 2.10. The largest absolute Gasteiger partial charge is 0.500 e. The van der Waals surface area contributed by atoms with E-state index < -0.39 is 18.8 Å². The SMILES string of the molecule is CCO[Si](CCCCCCS(=O)(=O)N[N+]#N)(OCC)OCC. The Labute approximate surface area is 134 Å². The maximum absolute atomic E-state index is 11.3. The highest BCUT2D eigenvalue weighted by molar-refractivity contribution is 7.89. The van der Waals surface area contributed by atoms with Gasteiger partial charge in [-0.05, 0) is 33.6 Å². The first-order valence-corrected chi connectivity index (χ1v) is 11.3. The summed E-state index contributed by atoms with van der Waals surface area (Å²) in [5.74, 6) is -0.0536. The monoisotopic (exact) mass is 354 g/mol. The molecule has 10 heteroatoms. The lowest BCUT2D eigenvalue weighted by Gasteiger charge is -2.28. The molecule has 0 aromatic heterocycles. The van der Waals surface area contributed by atoms with Crippen molar-refractivity contribution in [1.29, 1.82) is 5.39 Å². The van der Waals surface area contributed by atoms with E-state index in [1.54, 1.807) is 4.83 Å².